The molecule has 2 aliphatic rings. The van der Waals surface area contributed by atoms with Crippen LogP contribution in [0.1, 0.15) is 37.4 Å². The van der Waals surface area contributed by atoms with E-state index < -0.39 is 0 Å². The van der Waals surface area contributed by atoms with E-state index in [-0.39, 0.29) is 11.5 Å². The number of H-pyrrole nitrogens is 1. The SMILES string of the molecule is CCC12Cc3cnn(-c4ccc[nH]4)c3C=C1CCC2O. The number of aliphatic hydroxyl groups excluding tert-OH is 1. The minimum atomic E-state index is -0.208. The van der Waals surface area contributed by atoms with Crippen LogP contribution in [0, 0.1) is 5.41 Å². The van der Waals surface area contributed by atoms with Crippen LogP contribution in [0.2, 0.25) is 0 Å². The second-order valence-corrected chi connectivity index (χ2v) is 5.93. The van der Waals surface area contributed by atoms with Gasteiger partial charge >= 0.3 is 0 Å². The van der Waals surface area contributed by atoms with Crippen LogP contribution in [0.4, 0.5) is 0 Å². The molecule has 0 spiro atoms. The van der Waals surface area contributed by atoms with E-state index in [1.165, 1.54) is 16.8 Å². The number of aliphatic hydroxyl groups is 1. The molecule has 4 heteroatoms. The third kappa shape index (κ3) is 1.43. The van der Waals surface area contributed by atoms with Crippen LogP contribution in [0.15, 0.2) is 30.1 Å². The summed E-state index contributed by atoms with van der Waals surface area (Å²) in [6.07, 6.45) is 9.71. The van der Waals surface area contributed by atoms with Gasteiger partial charge in [0, 0.05) is 11.6 Å². The Bertz CT molecular complexity index is 668. The smallest absolute Gasteiger partial charge is 0.132 e. The lowest BCUT2D eigenvalue weighted by Gasteiger charge is -2.36. The Kier molecular flexibility index (Phi) is 2.45. The molecule has 20 heavy (non-hydrogen) atoms. The Balaban J connectivity index is 1.85. The number of nitrogens with zero attached hydrogens (tertiary/aromatic N) is 2. The molecule has 2 atom stereocenters. The van der Waals surface area contributed by atoms with E-state index in [9.17, 15) is 5.11 Å². The van der Waals surface area contributed by atoms with Gasteiger partial charge in [0.25, 0.3) is 0 Å². The molecular formula is C16H19N3O. The van der Waals surface area contributed by atoms with Crippen molar-refractivity contribution in [1.82, 2.24) is 14.8 Å². The fraction of sp³-hybridized carbons (Fsp3) is 0.438. The number of rotatable bonds is 2. The molecule has 0 bridgehead atoms. The van der Waals surface area contributed by atoms with E-state index >= 15 is 0 Å². The van der Waals surface area contributed by atoms with Gasteiger partial charge in [0.15, 0.2) is 0 Å². The fourth-order valence-corrected chi connectivity index (χ4v) is 3.90. The Hall–Kier alpha value is -1.81. The first kappa shape index (κ1) is 12.0. The summed E-state index contributed by atoms with van der Waals surface area (Å²) >= 11 is 0. The summed E-state index contributed by atoms with van der Waals surface area (Å²) in [5.74, 6) is 0.991. The topological polar surface area (TPSA) is 53.8 Å². The first-order valence-electron chi connectivity index (χ1n) is 7.34. The molecule has 0 saturated heterocycles. The van der Waals surface area contributed by atoms with Crippen molar-refractivity contribution in [1.29, 1.82) is 0 Å². The first-order valence-corrected chi connectivity index (χ1v) is 7.34. The highest BCUT2D eigenvalue weighted by Gasteiger charge is 2.47. The van der Waals surface area contributed by atoms with Crippen molar-refractivity contribution < 1.29 is 5.11 Å². The molecule has 1 fully saturated rings. The van der Waals surface area contributed by atoms with Crippen molar-refractivity contribution in [3.05, 3.63) is 41.4 Å². The van der Waals surface area contributed by atoms with Gasteiger partial charge in [-0.3, -0.25) is 0 Å². The summed E-state index contributed by atoms with van der Waals surface area (Å²) < 4.78 is 1.96. The fourth-order valence-electron chi connectivity index (χ4n) is 3.90. The van der Waals surface area contributed by atoms with E-state index in [0.717, 1.165) is 31.5 Å². The molecule has 2 aromatic heterocycles. The monoisotopic (exact) mass is 269 g/mol. The summed E-state index contributed by atoms with van der Waals surface area (Å²) in [5, 5.41) is 14.9. The highest BCUT2D eigenvalue weighted by Crippen LogP contribution is 2.51. The second kappa shape index (κ2) is 4.09. The molecule has 0 amide bonds. The van der Waals surface area contributed by atoms with Gasteiger partial charge in [-0.15, -0.1) is 0 Å². The first-order chi connectivity index (χ1) is 9.74. The normalized spacial score (nSPS) is 28.1. The largest absolute Gasteiger partial charge is 0.392 e. The highest BCUT2D eigenvalue weighted by molar-refractivity contribution is 5.61. The lowest BCUT2D eigenvalue weighted by atomic mass is 9.70. The van der Waals surface area contributed by atoms with Crippen LogP contribution < -0.4 is 0 Å². The van der Waals surface area contributed by atoms with Crippen LogP contribution in [0.3, 0.4) is 0 Å². The molecule has 0 aromatic carbocycles. The van der Waals surface area contributed by atoms with Gasteiger partial charge in [-0.25, -0.2) is 4.68 Å². The number of hydrogen-bond donors (Lipinski definition) is 2. The lowest BCUT2D eigenvalue weighted by molar-refractivity contribution is 0.0684. The third-order valence-electron chi connectivity index (χ3n) is 5.11. The Morgan fingerprint density at radius 2 is 2.45 bits per heavy atom. The average Bonchev–Trinajstić information content (AvgIpc) is 3.16. The van der Waals surface area contributed by atoms with Crippen LogP contribution in [-0.4, -0.2) is 26.0 Å². The standard InChI is InChI=1S/C16H19N3O/c1-2-16-9-11-10-18-19(15-4-3-7-17-15)13(11)8-12(16)5-6-14(16)20/h3-4,7-8,10,14,17,20H,2,5-6,9H2,1H3. The average molecular weight is 269 g/mol. The minimum Gasteiger partial charge on any atom is -0.392 e. The van der Waals surface area contributed by atoms with Gasteiger partial charge in [-0.05, 0) is 49.5 Å². The van der Waals surface area contributed by atoms with E-state index in [1.807, 2.05) is 29.2 Å². The van der Waals surface area contributed by atoms with Crippen LogP contribution in [-0.2, 0) is 6.42 Å². The van der Waals surface area contributed by atoms with Gasteiger partial charge in [0.2, 0.25) is 0 Å². The molecule has 2 aromatic rings. The Morgan fingerprint density at radius 1 is 1.55 bits per heavy atom. The maximum atomic E-state index is 10.4. The van der Waals surface area contributed by atoms with Crippen molar-refractivity contribution >= 4 is 6.08 Å². The molecule has 4 rings (SSSR count). The lowest BCUT2D eigenvalue weighted by Crippen LogP contribution is -2.34. The van der Waals surface area contributed by atoms with Gasteiger partial charge in [-0.1, -0.05) is 12.5 Å². The van der Waals surface area contributed by atoms with Crippen molar-refractivity contribution in [2.45, 2.75) is 38.7 Å². The molecule has 4 nitrogen and oxygen atoms in total. The van der Waals surface area contributed by atoms with Crippen molar-refractivity contribution in [3.8, 4) is 5.82 Å². The van der Waals surface area contributed by atoms with Gasteiger partial charge in [0.1, 0.15) is 5.82 Å². The summed E-state index contributed by atoms with van der Waals surface area (Å²) in [6, 6.07) is 4.01. The van der Waals surface area contributed by atoms with Gasteiger partial charge in [-0.2, -0.15) is 5.10 Å². The van der Waals surface area contributed by atoms with E-state index in [4.69, 9.17) is 0 Å². The number of fused-ring (bicyclic) bond motifs is 2. The summed E-state index contributed by atoms with van der Waals surface area (Å²) in [7, 11) is 0. The third-order valence-corrected chi connectivity index (χ3v) is 5.11. The highest BCUT2D eigenvalue weighted by atomic mass is 16.3. The molecule has 0 aliphatic heterocycles. The van der Waals surface area contributed by atoms with Crippen LogP contribution in [0.25, 0.3) is 11.9 Å². The minimum absolute atomic E-state index is 0.0450. The molecule has 2 unspecified atom stereocenters. The summed E-state index contributed by atoms with van der Waals surface area (Å²) in [5.41, 5.74) is 3.76. The quantitative estimate of drug-likeness (QED) is 0.880. The molecule has 0 radical (unpaired) electrons. The van der Waals surface area contributed by atoms with Crippen LogP contribution in [0.5, 0.6) is 0 Å². The Labute approximate surface area is 118 Å². The van der Waals surface area contributed by atoms with E-state index in [2.05, 4.69) is 23.1 Å². The van der Waals surface area contributed by atoms with E-state index in [0.29, 0.717) is 0 Å². The van der Waals surface area contributed by atoms with E-state index in [1.54, 1.807) is 0 Å². The maximum absolute atomic E-state index is 10.4. The number of nitrogens with one attached hydrogen (secondary N) is 1. The zero-order valence-corrected chi connectivity index (χ0v) is 11.6. The summed E-state index contributed by atoms with van der Waals surface area (Å²) in [6.45, 7) is 2.18. The van der Waals surface area contributed by atoms with Crippen molar-refractivity contribution in [2.24, 2.45) is 5.41 Å². The zero-order valence-electron chi connectivity index (χ0n) is 11.6. The number of hydrogen-bond acceptors (Lipinski definition) is 2. The predicted octanol–water partition coefficient (Wildman–Crippen LogP) is 2.69. The van der Waals surface area contributed by atoms with Gasteiger partial charge in [0.05, 0.1) is 18.0 Å². The summed E-state index contributed by atoms with van der Waals surface area (Å²) in [4.78, 5) is 3.20. The predicted molar refractivity (Wildman–Crippen MR) is 77.6 cm³/mol. The van der Waals surface area contributed by atoms with Crippen molar-refractivity contribution in [2.75, 3.05) is 0 Å². The molecule has 2 heterocycles. The molecule has 1 saturated carbocycles. The Morgan fingerprint density at radius 3 is 3.20 bits per heavy atom. The molecule has 2 N–H and O–H groups in total. The van der Waals surface area contributed by atoms with Crippen LogP contribution >= 0.6 is 0 Å². The second-order valence-electron chi connectivity index (χ2n) is 5.93. The van der Waals surface area contributed by atoms with Crippen molar-refractivity contribution in [3.63, 3.8) is 0 Å². The molecular weight excluding hydrogens is 250 g/mol. The molecule has 104 valence electrons. The zero-order chi connectivity index (χ0) is 13.7. The van der Waals surface area contributed by atoms with Gasteiger partial charge < -0.3 is 10.1 Å². The number of aromatic nitrogens is 3. The maximum Gasteiger partial charge on any atom is 0.132 e. The molecule has 2 aliphatic carbocycles. The number of aromatic amines is 1.